The van der Waals surface area contributed by atoms with Crippen LogP contribution in [0.2, 0.25) is 0 Å². The number of halogens is 1. The number of nitrogens with one attached hydrogen (secondary N) is 1. The Morgan fingerprint density at radius 3 is 2.21 bits per heavy atom. The molecule has 3 rings (SSSR count). The van der Waals surface area contributed by atoms with Gasteiger partial charge in [0.15, 0.2) is 0 Å². The highest BCUT2D eigenvalue weighted by atomic mass is 32.2. The first kappa shape index (κ1) is 19.8. The summed E-state index contributed by atoms with van der Waals surface area (Å²) in [6, 6.07) is 19.7. The molecule has 0 aromatic heterocycles. The molecule has 0 aliphatic heterocycles. The molecule has 4 nitrogen and oxygen atoms in total. The lowest BCUT2D eigenvalue weighted by Crippen LogP contribution is -2.33. The summed E-state index contributed by atoms with van der Waals surface area (Å²) < 4.78 is 41.4. The molecule has 0 spiro atoms. The van der Waals surface area contributed by atoms with Crippen molar-refractivity contribution in [1.82, 2.24) is 4.72 Å². The van der Waals surface area contributed by atoms with Gasteiger partial charge < -0.3 is 0 Å². The molecule has 0 saturated heterocycles. The highest BCUT2D eigenvalue weighted by Gasteiger charge is 2.23. The van der Waals surface area contributed by atoms with Gasteiger partial charge in [-0.1, -0.05) is 60.2 Å². The number of benzene rings is 3. The van der Waals surface area contributed by atoms with Crippen LogP contribution in [-0.4, -0.2) is 14.3 Å². The fourth-order valence-electron chi connectivity index (χ4n) is 2.80. The molecule has 0 saturated carbocycles. The van der Waals surface area contributed by atoms with Crippen LogP contribution in [-0.2, 0) is 14.8 Å². The zero-order valence-electron chi connectivity index (χ0n) is 15.5. The molecule has 0 bridgehead atoms. The average Bonchev–Trinajstić information content (AvgIpc) is 2.68. The molecule has 0 radical (unpaired) electrons. The van der Waals surface area contributed by atoms with Gasteiger partial charge >= 0.3 is 0 Å². The molecule has 3 aromatic rings. The summed E-state index contributed by atoms with van der Waals surface area (Å²) >= 11 is 0. The highest BCUT2D eigenvalue weighted by Crippen LogP contribution is 2.26. The number of hydrogen-bond acceptors (Lipinski definition) is 3. The lowest BCUT2D eigenvalue weighted by Gasteiger charge is -2.14. The van der Waals surface area contributed by atoms with E-state index in [0.29, 0.717) is 11.1 Å². The SMILES string of the molecule is Cc1ccc(S(=O)(=O)NC(=O)C(C)c2ccc(-c3ccccc3)c(F)c2)cc1. The van der Waals surface area contributed by atoms with E-state index in [1.54, 1.807) is 36.4 Å². The zero-order chi connectivity index (χ0) is 20.3. The van der Waals surface area contributed by atoms with Gasteiger partial charge in [0.05, 0.1) is 10.8 Å². The molecule has 0 fully saturated rings. The number of aryl methyl sites for hydroxylation is 1. The molecule has 144 valence electrons. The van der Waals surface area contributed by atoms with Gasteiger partial charge in [-0.05, 0) is 43.2 Å². The average molecular weight is 397 g/mol. The monoisotopic (exact) mass is 397 g/mol. The smallest absolute Gasteiger partial charge is 0.264 e. The van der Waals surface area contributed by atoms with Crippen LogP contribution >= 0.6 is 0 Å². The van der Waals surface area contributed by atoms with Crippen LogP contribution in [0.15, 0.2) is 77.7 Å². The number of carbonyl (C=O) groups is 1. The Balaban J connectivity index is 1.80. The van der Waals surface area contributed by atoms with E-state index < -0.39 is 27.7 Å². The third-order valence-electron chi connectivity index (χ3n) is 4.54. The Bertz CT molecular complexity index is 1090. The minimum absolute atomic E-state index is 0.00394. The predicted molar refractivity (Wildman–Crippen MR) is 107 cm³/mol. The van der Waals surface area contributed by atoms with Crippen molar-refractivity contribution in [3.8, 4) is 11.1 Å². The number of amides is 1. The Morgan fingerprint density at radius 2 is 1.61 bits per heavy atom. The third kappa shape index (κ3) is 4.28. The molecule has 0 aliphatic rings. The van der Waals surface area contributed by atoms with E-state index in [0.717, 1.165) is 11.1 Å². The van der Waals surface area contributed by atoms with Crippen LogP contribution in [0.3, 0.4) is 0 Å². The van der Waals surface area contributed by atoms with Crippen molar-refractivity contribution in [2.45, 2.75) is 24.7 Å². The summed E-state index contributed by atoms with van der Waals surface area (Å²) in [5, 5.41) is 0. The van der Waals surface area contributed by atoms with Crippen LogP contribution in [0.25, 0.3) is 11.1 Å². The van der Waals surface area contributed by atoms with E-state index in [9.17, 15) is 17.6 Å². The van der Waals surface area contributed by atoms with Crippen molar-refractivity contribution in [2.24, 2.45) is 0 Å². The molecule has 0 aliphatic carbocycles. The molecular weight excluding hydrogens is 377 g/mol. The second-order valence-electron chi connectivity index (χ2n) is 6.61. The van der Waals surface area contributed by atoms with Crippen molar-refractivity contribution in [1.29, 1.82) is 0 Å². The minimum atomic E-state index is -3.98. The second kappa shape index (κ2) is 7.94. The molecule has 28 heavy (non-hydrogen) atoms. The Kier molecular flexibility index (Phi) is 5.61. The van der Waals surface area contributed by atoms with E-state index >= 15 is 0 Å². The molecular formula is C22H20FNO3S. The van der Waals surface area contributed by atoms with E-state index in [2.05, 4.69) is 4.72 Å². The Hall–Kier alpha value is -2.99. The molecule has 1 N–H and O–H groups in total. The fourth-order valence-corrected chi connectivity index (χ4v) is 3.85. The maximum Gasteiger partial charge on any atom is 0.264 e. The van der Waals surface area contributed by atoms with Crippen molar-refractivity contribution >= 4 is 15.9 Å². The topological polar surface area (TPSA) is 63.2 Å². The number of sulfonamides is 1. The summed E-state index contributed by atoms with van der Waals surface area (Å²) in [5.41, 5.74) is 2.45. The summed E-state index contributed by atoms with van der Waals surface area (Å²) in [6.07, 6.45) is 0. The van der Waals surface area contributed by atoms with Gasteiger partial charge in [-0.15, -0.1) is 0 Å². The molecule has 1 amide bonds. The van der Waals surface area contributed by atoms with Crippen molar-refractivity contribution in [2.75, 3.05) is 0 Å². The zero-order valence-corrected chi connectivity index (χ0v) is 16.3. The van der Waals surface area contributed by atoms with Crippen LogP contribution in [0, 0.1) is 12.7 Å². The van der Waals surface area contributed by atoms with Crippen LogP contribution in [0.4, 0.5) is 4.39 Å². The Morgan fingerprint density at radius 1 is 0.964 bits per heavy atom. The summed E-state index contributed by atoms with van der Waals surface area (Å²) in [5.74, 6) is -2.02. The number of carbonyl (C=O) groups excluding carboxylic acids is 1. The number of hydrogen-bond donors (Lipinski definition) is 1. The molecule has 1 atom stereocenters. The van der Waals surface area contributed by atoms with Gasteiger partial charge in [-0.25, -0.2) is 17.5 Å². The molecule has 1 unspecified atom stereocenters. The standard InChI is InChI=1S/C22H20FNO3S/c1-15-8-11-19(12-9-15)28(26,27)24-22(25)16(2)18-10-13-20(21(23)14-18)17-6-4-3-5-7-17/h3-14,16H,1-2H3,(H,24,25). The second-order valence-corrected chi connectivity index (χ2v) is 8.29. The Labute approximate surface area is 164 Å². The quantitative estimate of drug-likeness (QED) is 0.694. The van der Waals surface area contributed by atoms with Crippen molar-refractivity contribution in [3.63, 3.8) is 0 Å². The summed E-state index contributed by atoms with van der Waals surface area (Å²) in [7, 11) is -3.98. The van der Waals surface area contributed by atoms with Gasteiger partial charge in [0.2, 0.25) is 5.91 Å². The van der Waals surface area contributed by atoms with Gasteiger partial charge in [0.25, 0.3) is 10.0 Å². The third-order valence-corrected chi connectivity index (χ3v) is 5.90. The van der Waals surface area contributed by atoms with Gasteiger partial charge in [-0.2, -0.15) is 0 Å². The van der Waals surface area contributed by atoms with E-state index in [-0.39, 0.29) is 4.90 Å². The van der Waals surface area contributed by atoms with Gasteiger partial charge in [0, 0.05) is 5.56 Å². The fraction of sp³-hybridized carbons (Fsp3) is 0.136. The summed E-state index contributed by atoms with van der Waals surface area (Å²) in [4.78, 5) is 12.5. The molecule has 0 heterocycles. The van der Waals surface area contributed by atoms with E-state index in [1.807, 2.05) is 25.1 Å². The van der Waals surface area contributed by atoms with Gasteiger partial charge in [0.1, 0.15) is 5.82 Å². The minimum Gasteiger partial charge on any atom is -0.273 e. The predicted octanol–water partition coefficient (Wildman–Crippen LogP) is 4.41. The maximum atomic E-state index is 14.6. The lowest BCUT2D eigenvalue weighted by atomic mass is 9.96. The molecule has 3 aromatic carbocycles. The van der Waals surface area contributed by atoms with Crippen LogP contribution in [0.5, 0.6) is 0 Å². The first-order valence-electron chi connectivity index (χ1n) is 8.76. The number of rotatable bonds is 5. The van der Waals surface area contributed by atoms with E-state index in [1.165, 1.54) is 25.1 Å². The van der Waals surface area contributed by atoms with Crippen LogP contribution < -0.4 is 4.72 Å². The molecule has 6 heteroatoms. The van der Waals surface area contributed by atoms with E-state index in [4.69, 9.17) is 0 Å². The van der Waals surface area contributed by atoms with Crippen molar-refractivity contribution < 1.29 is 17.6 Å². The van der Waals surface area contributed by atoms with Gasteiger partial charge in [-0.3, -0.25) is 4.79 Å². The maximum absolute atomic E-state index is 14.6. The first-order valence-corrected chi connectivity index (χ1v) is 10.2. The summed E-state index contributed by atoms with van der Waals surface area (Å²) in [6.45, 7) is 3.38. The normalized spacial score (nSPS) is 12.4. The van der Waals surface area contributed by atoms with Crippen LogP contribution in [0.1, 0.15) is 24.0 Å². The lowest BCUT2D eigenvalue weighted by molar-refractivity contribution is -0.120. The highest BCUT2D eigenvalue weighted by molar-refractivity contribution is 7.90. The van der Waals surface area contributed by atoms with Crippen molar-refractivity contribution in [3.05, 3.63) is 89.7 Å². The first-order chi connectivity index (χ1) is 13.3. The largest absolute Gasteiger partial charge is 0.273 e.